The van der Waals surface area contributed by atoms with Crippen LogP contribution in [0.1, 0.15) is 18.9 Å². The average molecular weight is 331 g/mol. The summed E-state index contributed by atoms with van der Waals surface area (Å²) in [7, 11) is 1.64. The number of hydrogen-bond acceptors (Lipinski definition) is 3. The van der Waals surface area contributed by atoms with Crippen molar-refractivity contribution in [3.63, 3.8) is 0 Å². The molecule has 0 aromatic heterocycles. The van der Waals surface area contributed by atoms with Crippen molar-refractivity contribution in [1.82, 2.24) is 5.32 Å². The van der Waals surface area contributed by atoms with Crippen LogP contribution >= 0.6 is 0 Å². The van der Waals surface area contributed by atoms with Gasteiger partial charge in [0.15, 0.2) is 6.10 Å². The molecule has 4 nitrogen and oxygen atoms in total. The van der Waals surface area contributed by atoms with Crippen molar-refractivity contribution in [2.24, 2.45) is 0 Å². The quantitative estimate of drug-likeness (QED) is 0.755. The van der Waals surface area contributed by atoms with Gasteiger partial charge in [-0.2, -0.15) is 0 Å². The third-order valence-electron chi connectivity index (χ3n) is 3.60. The molecule has 1 N–H and O–H groups in total. The lowest BCUT2D eigenvalue weighted by Crippen LogP contribution is -2.36. The molecule has 0 aliphatic carbocycles. The van der Waals surface area contributed by atoms with Crippen LogP contribution in [0, 0.1) is 5.82 Å². The minimum absolute atomic E-state index is 0.186. The van der Waals surface area contributed by atoms with Gasteiger partial charge in [0.05, 0.1) is 7.11 Å². The second-order valence-electron chi connectivity index (χ2n) is 5.46. The van der Waals surface area contributed by atoms with Crippen molar-refractivity contribution in [2.75, 3.05) is 13.7 Å². The van der Waals surface area contributed by atoms with E-state index in [9.17, 15) is 9.18 Å². The van der Waals surface area contributed by atoms with Gasteiger partial charge in [-0.05, 0) is 61.7 Å². The molecule has 0 aliphatic rings. The van der Waals surface area contributed by atoms with E-state index in [1.165, 1.54) is 29.8 Å². The van der Waals surface area contributed by atoms with Crippen LogP contribution in [-0.4, -0.2) is 25.7 Å². The highest BCUT2D eigenvalue weighted by Gasteiger charge is 2.13. The van der Waals surface area contributed by atoms with Crippen LogP contribution in [0.2, 0.25) is 0 Å². The predicted octanol–water partition coefficient (Wildman–Crippen LogP) is 3.35. The molecule has 2 rings (SSSR count). The lowest BCUT2D eigenvalue weighted by Gasteiger charge is -2.14. The Hall–Kier alpha value is -2.56. The van der Waals surface area contributed by atoms with E-state index in [1.54, 1.807) is 14.0 Å². The molecular weight excluding hydrogens is 309 g/mol. The summed E-state index contributed by atoms with van der Waals surface area (Å²) in [6.07, 6.45) is 1.08. The third-order valence-corrected chi connectivity index (χ3v) is 3.60. The smallest absolute Gasteiger partial charge is 0.260 e. The second kappa shape index (κ2) is 8.91. The van der Waals surface area contributed by atoms with Gasteiger partial charge in [0.1, 0.15) is 17.3 Å². The molecule has 1 amide bonds. The highest BCUT2D eigenvalue weighted by atomic mass is 19.1. The van der Waals surface area contributed by atoms with Gasteiger partial charge in [-0.1, -0.05) is 12.1 Å². The second-order valence-corrected chi connectivity index (χ2v) is 5.46. The molecule has 5 heteroatoms. The fourth-order valence-corrected chi connectivity index (χ4v) is 2.21. The van der Waals surface area contributed by atoms with Gasteiger partial charge in [0.2, 0.25) is 0 Å². The predicted molar refractivity (Wildman–Crippen MR) is 90.8 cm³/mol. The van der Waals surface area contributed by atoms with Crippen molar-refractivity contribution < 1.29 is 18.7 Å². The number of carbonyl (C=O) groups excluding carboxylic acids is 1. The maximum atomic E-state index is 12.8. The molecule has 0 saturated carbocycles. The van der Waals surface area contributed by atoms with Crippen LogP contribution in [0.15, 0.2) is 48.5 Å². The Balaban J connectivity index is 1.69. The van der Waals surface area contributed by atoms with Gasteiger partial charge in [-0.15, -0.1) is 0 Å². The van der Waals surface area contributed by atoms with Gasteiger partial charge < -0.3 is 14.8 Å². The van der Waals surface area contributed by atoms with Gasteiger partial charge in [0.25, 0.3) is 5.91 Å². The Morgan fingerprint density at radius 3 is 2.33 bits per heavy atom. The average Bonchev–Trinajstić information content (AvgIpc) is 2.61. The van der Waals surface area contributed by atoms with E-state index in [1.807, 2.05) is 24.3 Å². The maximum Gasteiger partial charge on any atom is 0.260 e. The molecule has 0 fully saturated rings. The normalized spacial score (nSPS) is 11.6. The standard InChI is InChI=1S/C19H22FNO3/c1-14(24-18-11-7-16(20)8-12-18)19(22)21-13-3-4-15-5-9-17(23-2)10-6-15/h5-12,14H,3-4,13H2,1-2H3,(H,21,22)/t14-/m0/s1. The summed E-state index contributed by atoms with van der Waals surface area (Å²) in [6, 6.07) is 13.5. The lowest BCUT2D eigenvalue weighted by molar-refractivity contribution is -0.127. The van der Waals surface area contributed by atoms with Gasteiger partial charge in [0, 0.05) is 6.54 Å². The van der Waals surface area contributed by atoms with Crippen molar-refractivity contribution in [1.29, 1.82) is 0 Å². The van der Waals surface area contributed by atoms with E-state index in [-0.39, 0.29) is 11.7 Å². The fraction of sp³-hybridized carbons (Fsp3) is 0.316. The number of methoxy groups -OCH3 is 1. The van der Waals surface area contributed by atoms with Crippen LogP contribution in [-0.2, 0) is 11.2 Å². The summed E-state index contributed by atoms with van der Waals surface area (Å²) >= 11 is 0. The summed E-state index contributed by atoms with van der Waals surface area (Å²) in [5.41, 5.74) is 1.20. The molecule has 0 aliphatic heterocycles. The SMILES string of the molecule is COc1ccc(CCCNC(=O)[C@H](C)Oc2ccc(F)cc2)cc1. The molecule has 2 aromatic rings. The van der Waals surface area contributed by atoms with Crippen molar-refractivity contribution in [3.05, 3.63) is 59.9 Å². The summed E-state index contributed by atoms with van der Waals surface area (Å²) in [6.45, 7) is 2.24. The molecule has 2 aromatic carbocycles. The first-order valence-electron chi connectivity index (χ1n) is 7.91. The number of carbonyl (C=O) groups is 1. The largest absolute Gasteiger partial charge is 0.497 e. The van der Waals surface area contributed by atoms with Crippen molar-refractivity contribution >= 4 is 5.91 Å². The molecule has 0 saturated heterocycles. The zero-order valence-corrected chi connectivity index (χ0v) is 13.9. The highest BCUT2D eigenvalue weighted by molar-refractivity contribution is 5.80. The Bertz CT molecular complexity index is 641. The Kier molecular flexibility index (Phi) is 6.61. The molecule has 0 unspecified atom stereocenters. The zero-order valence-electron chi connectivity index (χ0n) is 13.9. The van der Waals surface area contributed by atoms with E-state index in [0.717, 1.165) is 18.6 Å². The minimum Gasteiger partial charge on any atom is -0.497 e. The summed E-state index contributed by atoms with van der Waals surface area (Å²) in [5, 5.41) is 2.84. The Morgan fingerprint density at radius 2 is 1.71 bits per heavy atom. The lowest BCUT2D eigenvalue weighted by atomic mass is 10.1. The molecule has 0 heterocycles. The molecular formula is C19H22FNO3. The summed E-state index contributed by atoms with van der Waals surface area (Å²) in [5.74, 6) is 0.781. The molecule has 0 spiro atoms. The first-order valence-corrected chi connectivity index (χ1v) is 7.91. The minimum atomic E-state index is -0.628. The monoisotopic (exact) mass is 331 g/mol. The van der Waals surface area contributed by atoms with Crippen LogP contribution in [0.25, 0.3) is 0 Å². The third kappa shape index (κ3) is 5.57. The van der Waals surface area contributed by atoms with Crippen LogP contribution in [0.5, 0.6) is 11.5 Å². The number of benzene rings is 2. The first-order chi connectivity index (χ1) is 11.6. The van der Waals surface area contributed by atoms with E-state index < -0.39 is 6.10 Å². The Labute approximate surface area is 141 Å². The van der Waals surface area contributed by atoms with Gasteiger partial charge in [-0.25, -0.2) is 4.39 Å². The summed E-state index contributed by atoms with van der Waals surface area (Å²) in [4.78, 5) is 12.0. The topological polar surface area (TPSA) is 47.6 Å². The molecule has 1 atom stereocenters. The van der Waals surface area contributed by atoms with Crippen LogP contribution in [0.4, 0.5) is 4.39 Å². The van der Waals surface area contributed by atoms with E-state index >= 15 is 0 Å². The maximum absolute atomic E-state index is 12.8. The number of hydrogen-bond donors (Lipinski definition) is 1. The van der Waals surface area contributed by atoms with Gasteiger partial charge in [-0.3, -0.25) is 4.79 Å². The van der Waals surface area contributed by atoms with Crippen LogP contribution < -0.4 is 14.8 Å². The zero-order chi connectivity index (χ0) is 17.4. The number of ether oxygens (including phenoxy) is 2. The molecule has 0 bridgehead atoms. The Morgan fingerprint density at radius 1 is 1.08 bits per heavy atom. The number of nitrogens with one attached hydrogen (secondary N) is 1. The van der Waals surface area contributed by atoms with Crippen LogP contribution in [0.3, 0.4) is 0 Å². The fourth-order valence-electron chi connectivity index (χ4n) is 2.21. The van der Waals surface area contributed by atoms with E-state index in [2.05, 4.69) is 5.32 Å². The number of halogens is 1. The highest BCUT2D eigenvalue weighted by Crippen LogP contribution is 2.14. The first kappa shape index (κ1) is 17.8. The summed E-state index contributed by atoms with van der Waals surface area (Å²) < 4.78 is 23.4. The van der Waals surface area contributed by atoms with Crippen molar-refractivity contribution in [2.45, 2.75) is 25.9 Å². The van der Waals surface area contributed by atoms with E-state index in [4.69, 9.17) is 9.47 Å². The van der Waals surface area contributed by atoms with Crippen molar-refractivity contribution in [3.8, 4) is 11.5 Å². The number of rotatable bonds is 8. The molecule has 24 heavy (non-hydrogen) atoms. The number of aryl methyl sites for hydroxylation is 1. The molecule has 0 radical (unpaired) electrons. The molecule has 128 valence electrons. The van der Waals surface area contributed by atoms with Gasteiger partial charge >= 0.3 is 0 Å². The van der Waals surface area contributed by atoms with E-state index in [0.29, 0.717) is 12.3 Å². The number of amides is 1.